The molecule has 0 fully saturated rings. The zero-order valence-corrected chi connectivity index (χ0v) is 9.45. The topological polar surface area (TPSA) is 74.6 Å². The van der Waals surface area contributed by atoms with Crippen molar-refractivity contribution in [2.75, 3.05) is 0 Å². The van der Waals surface area contributed by atoms with Gasteiger partial charge in [-0.05, 0) is 24.3 Å². The molecule has 0 radical (unpaired) electrons. The Bertz CT molecular complexity index is 567. The second-order valence-corrected chi connectivity index (χ2v) is 3.54. The first-order valence-electron chi connectivity index (χ1n) is 5.28. The summed E-state index contributed by atoms with van der Waals surface area (Å²) in [5.74, 6) is -0.343. The van der Waals surface area contributed by atoms with E-state index in [2.05, 4.69) is 15.5 Å². The number of nitrogens with one attached hydrogen (secondary N) is 1. The van der Waals surface area contributed by atoms with Gasteiger partial charge >= 0.3 is 0 Å². The molecule has 1 aromatic carbocycles. The number of phenols is 1. The van der Waals surface area contributed by atoms with E-state index in [1.165, 1.54) is 18.3 Å². The van der Waals surface area contributed by atoms with Crippen LogP contribution in [0.1, 0.15) is 15.9 Å². The van der Waals surface area contributed by atoms with E-state index in [0.29, 0.717) is 5.56 Å². The second kappa shape index (κ2) is 5.58. The molecule has 5 nitrogen and oxygen atoms in total. The van der Waals surface area contributed by atoms with Crippen molar-refractivity contribution in [3.05, 3.63) is 59.9 Å². The van der Waals surface area contributed by atoms with E-state index in [9.17, 15) is 9.90 Å². The van der Waals surface area contributed by atoms with Gasteiger partial charge < -0.3 is 5.11 Å². The highest BCUT2D eigenvalue weighted by Gasteiger charge is 2.03. The summed E-state index contributed by atoms with van der Waals surface area (Å²) in [5.41, 5.74) is 3.50. The molecule has 0 aliphatic rings. The summed E-state index contributed by atoms with van der Waals surface area (Å²) in [6, 6.07) is 9.64. The molecule has 2 rings (SSSR count). The molecule has 1 heterocycles. The number of hydrogen-bond donors (Lipinski definition) is 2. The van der Waals surface area contributed by atoms with Crippen LogP contribution in [-0.2, 0) is 0 Å². The first-order valence-corrected chi connectivity index (χ1v) is 5.28. The minimum absolute atomic E-state index is 0.0406. The minimum Gasteiger partial charge on any atom is -0.508 e. The van der Waals surface area contributed by atoms with Crippen LogP contribution in [0.15, 0.2) is 53.9 Å². The lowest BCUT2D eigenvalue weighted by Crippen LogP contribution is -2.17. The molecule has 5 heteroatoms. The Hall–Kier alpha value is -2.69. The molecule has 1 amide bonds. The molecule has 0 bridgehead atoms. The molecule has 0 aliphatic heterocycles. The van der Waals surface area contributed by atoms with Gasteiger partial charge in [-0.25, -0.2) is 5.43 Å². The molecule has 0 atom stereocenters. The zero-order valence-electron chi connectivity index (χ0n) is 9.45. The molecule has 18 heavy (non-hydrogen) atoms. The van der Waals surface area contributed by atoms with Gasteiger partial charge in [0, 0.05) is 23.5 Å². The smallest absolute Gasteiger partial charge is 0.271 e. The summed E-state index contributed by atoms with van der Waals surface area (Å²) >= 11 is 0. The van der Waals surface area contributed by atoms with Crippen molar-refractivity contribution >= 4 is 12.1 Å². The van der Waals surface area contributed by atoms with Gasteiger partial charge in [0.25, 0.3) is 5.91 Å². The van der Waals surface area contributed by atoms with Gasteiger partial charge in [0.1, 0.15) is 5.75 Å². The van der Waals surface area contributed by atoms with Crippen LogP contribution in [0.25, 0.3) is 0 Å². The number of rotatable bonds is 3. The molecule has 2 aromatic rings. The van der Waals surface area contributed by atoms with E-state index in [4.69, 9.17) is 0 Å². The van der Waals surface area contributed by atoms with E-state index < -0.39 is 0 Å². The van der Waals surface area contributed by atoms with Gasteiger partial charge in [-0.3, -0.25) is 9.78 Å². The van der Waals surface area contributed by atoms with Crippen LogP contribution in [0, 0.1) is 0 Å². The van der Waals surface area contributed by atoms with Crippen LogP contribution < -0.4 is 5.43 Å². The van der Waals surface area contributed by atoms with Crippen molar-refractivity contribution < 1.29 is 9.90 Å². The van der Waals surface area contributed by atoms with Gasteiger partial charge in [0.2, 0.25) is 0 Å². The number of carbonyl (C=O) groups excluding carboxylic acids is 1. The molecule has 0 saturated heterocycles. The number of nitrogens with zero attached hydrogens (tertiary/aromatic N) is 2. The number of pyridine rings is 1. The van der Waals surface area contributed by atoms with Crippen molar-refractivity contribution in [3.8, 4) is 5.75 Å². The molecular weight excluding hydrogens is 230 g/mol. The van der Waals surface area contributed by atoms with Gasteiger partial charge in [-0.15, -0.1) is 0 Å². The highest BCUT2D eigenvalue weighted by atomic mass is 16.3. The summed E-state index contributed by atoms with van der Waals surface area (Å²) in [6.45, 7) is 0. The monoisotopic (exact) mass is 241 g/mol. The van der Waals surface area contributed by atoms with Crippen molar-refractivity contribution in [1.29, 1.82) is 0 Å². The fourth-order valence-electron chi connectivity index (χ4n) is 1.33. The average molecular weight is 241 g/mol. The largest absolute Gasteiger partial charge is 0.508 e. The van der Waals surface area contributed by atoms with Crippen LogP contribution in [-0.4, -0.2) is 22.2 Å². The molecule has 0 spiro atoms. The van der Waals surface area contributed by atoms with Crippen molar-refractivity contribution in [2.45, 2.75) is 0 Å². The number of phenolic OH excluding ortho intramolecular Hbond substituents is 1. The van der Waals surface area contributed by atoms with Crippen molar-refractivity contribution in [1.82, 2.24) is 10.4 Å². The van der Waals surface area contributed by atoms with E-state index >= 15 is 0 Å². The Kier molecular flexibility index (Phi) is 3.66. The lowest BCUT2D eigenvalue weighted by molar-refractivity contribution is 0.0954. The van der Waals surface area contributed by atoms with Gasteiger partial charge in [-0.2, -0.15) is 5.10 Å². The molecule has 0 aliphatic carbocycles. The van der Waals surface area contributed by atoms with Crippen LogP contribution in [0.2, 0.25) is 0 Å². The first kappa shape index (κ1) is 11.8. The summed E-state index contributed by atoms with van der Waals surface area (Å²) in [6.07, 6.45) is 4.78. The fourth-order valence-corrected chi connectivity index (χ4v) is 1.33. The van der Waals surface area contributed by atoms with E-state index in [0.717, 1.165) is 5.56 Å². The lowest BCUT2D eigenvalue weighted by atomic mass is 10.2. The number of carbonyl (C=O) groups is 1. The van der Waals surface area contributed by atoms with Crippen LogP contribution in [0.5, 0.6) is 5.75 Å². The second-order valence-electron chi connectivity index (χ2n) is 3.54. The molecule has 0 saturated carbocycles. The summed E-state index contributed by atoms with van der Waals surface area (Å²) in [5, 5.41) is 13.0. The third kappa shape index (κ3) is 3.15. The Morgan fingerprint density at radius 2 is 2.22 bits per heavy atom. The zero-order chi connectivity index (χ0) is 12.8. The normalized spacial score (nSPS) is 10.4. The number of aromatic nitrogens is 1. The molecule has 1 aromatic heterocycles. The quantitative estimate of drug-likeness (QED) is 0.632. The maximum atomic E-state index is 11.6. The molecular formula is C13H11N3O2. The fraction of sp³-hybridized carbons (Fsp3) is 0. The summed E-state index contributed by atoms with van der Waals surface area (Å²) in [4.78, 5) is 15.6. The highest BCUT2D eigenvalue weighted by Crippen LogP contribution is 2.10. The molecule has 0 unspecified atom stereocenters. The SMILES string of the molecule is O=C(N/N=C/c1cccnc1)c1cccc(O)c1. The van der Waals surface area contributed by atoms with Crippen LogP contribution >= 0.6 is 0 Å². The number of hydrazone groups is 1. The third-order valence-corrected chi connectivity index (χ3v) is 2.17. The number of hydrogen-bond acceptors (Lipinski definition) is 4. The van der Waals surface area contributed by atoms with E-state index in [-0.39, 0.29) is 11.7 Å². The van der Waals surface area contributed by atoms with E-state index in [1.54, 1.807) is 30.6 Å². The average Bonchev–Trinajstić information content (AvgIpc) is 2.40. The molecule has 90 valence electrons. The van der Waals surface area contributed by atoms with Gasteiger partial charge in [0.15, 0.2) is 0 Å². The van der Waals surface area contributed by atoms with E-state index in [1.807, 2.05) is 6.07 Å². The predicted octanol–water partition coefficient (Wildman–Crippen LogP) is 1.55. The van der Waals surface area contributed by atoms with Gasteiger partial charge in [-0.1, -0.05) is 12.1 Å². The summed E-state index contributed by atoms with van der Waals surface area (Å²) < 4.78 is 0. The number of amides is 1. The van der Waals surface area contributed by atoms with Crippen LogP contribution in [0.4, 0.5) is 0 Å². The Morgan fingerprint density at radius 1 is 1.33 bits per heavy atom. The predicted molar refractivity (Wildman–Crippen MR) is 67.4 cm³/mol. The third-order valence-electron chi connectivity index (χ3n) is 2.17. The maximum absolute atomic E-state index is 11.6. The minimum atomic E-state index is -0.383. The van der Waals surface area contributed by atoms with Crippen molar-refractivity contribution in [2.24, 2.45) is 5.10 Å². The Balaban J connectivity index is 1.99. The first-order chi connectivity index (χ1) is 8.75. The van der Waals surface area contributed by atoms with Crippen molar-refractivity contribution in [3.63, 3.8) is 0 Å². The number of benzene rings is 1. The Morgan fingerprint density at radius 3 is 2.94 bits per heavy atom. The van der Waals surface area contributed by atoms with Gasteiger partial charge in [0.05, 0.1) is 6.21 Å². The summed E-state index contributed by atoms with van der Waals surface area (Å²) in [7, 11) is 0. The Labute approximate surface area is 104 Å². The number of aromatic hydroxyl groups is 1. The molecule has 2 N–H and O–H groups in total. The highest BCUT2D eigenvalue weighted by molar-refractivity contribution is 5.95. The lowest BCUT2D eigenvalue weighted by Gasteiger charge is -1.99. The maximum Gasteiger partial charge on any atom is 0.271 e. The standard InChI is InChI=1S/C13H11N3O2/c17-12-5-1-4-11(7-12)13(18)16-15-9-10-3-2-6-14-8-10/h1-9,17H,(H,16,18)/b15-9+. The van der Waals surface area contributed by atoms with Crippen LogP contribution in [0.3, 0.4) is 0 Å².